The first-order valence-electron chi connectivity index (χ1n) is 14.7. The highest BCUT2D eigenvalue weighted by molar-refractivity contribution is 5.91. The van der Waals surface area contributed by atoms with Crippen LogP contribution in [0.25, 0.3) is 16.4 Å². The number of aryl methyl sites for hydroxylation is 1. The average molecular weight is 529 g/mol. The van der Waals surface area contributed by atoms with E-state index in [-0.39, 0.29) is 11.3 Å². The standard InChI is InChI=1S/C30H38N6O.C2H6/c1-3-4-5-6-7-28(37)35-27-13-10-22-9-8-21(18-24(22)34-27)14-16-30(2)17-15-23(19-30)25-11-12-26-29(31)32-20-33-36(25)26;1-2/h8-13,18,20,23H,3-7,14-17,19H2,1-2H3,(H2,31,32,33)(H,34,35,37);1-2H3/t23?,30-;/m1./s1. The van der Waals surface area contributed by atoms with Crippen molar-refractivity contribution in [1.82, 2.24) is 19.6 Å². The second kappa shape index (κ2) is 13.0. The van der Waals surface area contributed by atoms with Crippen LogP contribution < -0.4 is 11.1 Å². The summed E-state index contributed by atoms with van der Waals surface area (Å²) in [5.74, 6) is 1.70. The molecule has 3 N–H and O–H groups in total. The molecule has 1 aliphatic rings. The Balaban J connectivity index is 0.00000172. The van der Waals surface area contributed by atoms with Crippen LogP contribution in [0.15, 0.2) is 48.8 Å². The monoisotopic (exact) mass is 528 g/mol. The first-order chi connectivity index (χ1) is 18.9. The lowest BCUT2D eigenvalue weighted by atomic mass is 9.81. The van der Waals surface area contributed by atoms with Crippen molar-refractivity contribution >= 4 is 34.0 Å². The van der Waals surface area contributed by atoms with Gasteiger partial charge in [0.05, 0.1) is 5.52 Å². The smallest absolute Gasteiger partial charge is 0.225 e. The number of carbonyl (C=O) groups excluding carboxylic acids is 1. The normalized spacial score (nSPS) is 18.7. The quantitative estimate of drug-likeness (QED) is 0.205. The number of amides is 1. The molecular formula is C32H44N6O. The van der Waals surface area contributed by atoms with Crippen molar-refractivity contribution in [3.63, 3.8) is 0 Å². The number of nitrogen functional groups attached to an aromatic ring is 1. The van der Waals surface area contributed by atoms with Crippen LogP contribution in [0, 0.1) is 5.41 Å². The topological polar surface area (TPSA) is 98.2 Å². The van der Waals surface area contributed by atoms with Gasteiger partial charge in [-0.3, -0.25) is 4.79 Å². The highest BCUT2D eigenvalue weighted by atomic mass is 16.1. The van der Waals surface area contributed by atoms with Crippen LogP contribution in [0.3, 0.4) is 0 Å². The number of nitrogens with zero attached hydrogens (tertiary/aromatic N) is 4. The number of fused-ring (bicyclic) bond motifs is 2. The van der Waals surface area contributed by atoms with Crippen LogP contribution in [-0.4, -0.2) is 25.5 Å². The first kappa shape index (κ1) is 28.5. The van der Waals surface area contributed by atoms with E-state index in [4.69, 9.17) is 10.7 Å². The molecule has 7 heteroatoms. The fraction of sp³-hybridized carbons (Fsp3) is 0.500. The van der Waals surface area contributed by atoms with Crippen molar-refractivity contribution < 1.29 is 4.79 Å². The molecule has 1 unspecified atom stereocenters. The molecule has 3 heterocycles. The van der Waals surface area contributed by atoms with Gasteiger partial charge in [0, 0.05) is 23.4 Å². The van der Waals surface area contributed by atoms with E-state index in [0.717, 1.165) is 54.9 Å². The van der Waals surface area contributed by atoms with E-state index >= 15 is 0 Å². The number of aromatic nitrogens is 4. The van der Waals surface area contributed by atoms with Gasteiger partial charge >= 0.3 is 0 Å². The van der Waals surface area contributed by atoms with Crippen LogP contribution in [-0.2, 0) is 11.2 Å². The average Bonchev–Trinajstić information content (AvgIpc) is 3.56. The van der Waals surface area contributed by atoms with E-state index in [9.17, 15) is 4.79 Å². The van der Waals surface area contributed by atoms with Crippen molar-refractivity contribution in [2.24, 2.45) is 5.41 Å². The molecule has 4 aromatic rings. The number of benzene rings is 1. The zero-order valence-corrected chi connectivity index (χ0v) is 24.0. The third-order valence-electron chi connectivity index (χ3n) is 8.06. The summed E-state index contributed by atoms with van der Waals surface area (Å²) >= 11 is 0. The largest absolute Gasteiger partial charge is 0.382 e. The van der Waals surface area contributed by atoms with Crippen molar-refractivity contribution in [2.45, 2.75) is 97.8 Å². The minimum absolute atomic E-state index is 0.0488. The molecule has 0 bridgehead atoms. The van der Waals surface area contributed by atoms with Gasteiger partial charge in [-0.05, 0) is 79.8 Å². The van der Waals surface area contributed by atoms with Gasteiger partial charge in [0.1, 0.15) is 17.7 Å². The summed E-state index contributed by atoms with van der Waals surface area (Å²) in [6.45, 7) is 8.59. The minimum Gasteiger partial charge on any atom is -0.382 e. The Morgan fingerprint density at radius 2 is 1.95 bits per heavy atom. The van der Waals surface area contributed by atoms with Gasteiger partial charge in [-0.15, -0.1) is 0 Å². The number of pyridine rings is 1. The predicted octanol–water partition coefficient (Wildman–Crippen LogP) is 7.70. The lowest BCUT2D eigenvalue weighted by Crippen LogP contribution is -2.14. The van der Waals surface area contributed by atoms with Crippen molar-refractivity contribution in [3.05, 3.63) is 60.0 Å². The van der Waals surface area contributed by atoms with Crippen molar-refractivity contribution in [1.29, 1.82) is 0 Å². The molecule has 208 valence electrons. The fourth-order valence-corrected chi connectivity index (χ4v) is 5.84. The molecular weight excluding hydrogens is 484 g/mol. The minimum atomic E-state index is 0.0488. The molecule has 1 aliphatic carbocycles. The molecule has 39 heavy (non-hydrogen) atoms. The van der Waals surface area contributed by atoms with E-state index in [1.54, 1.807) is 0 Å². The maximum atomic E-state index is 12.3. The highest BCUT2D eigenvalue weighted by Crippen LogP contribution is 2.49. The summed E-state index contributed by atoms with van der Waals surface area (Å²) in [4.78, 5) is 21.2. The predicted molar refractivity (Wildman–Crippen MR) is 161 cm³/mol. The van der Waals surface area contributed by atoms with Crippen LogP contribution in [0.5, 0.6) is 0 Å². The number of hydrogen-bond acceptors (Lipinski definition) is 5. The molecule has 0 saturated heterocycles. The third kappa shape index (κ3) is 6.94. The molecule has 1 fully saturated rings. The van der Waals surface area contributed by atoms with Crippen molar-refractivity contribution in [3.8, 4) is 0 Å². The van der Waals surface area contributed by atoms with Gasteiger partial charge in [-0.2, -0.15) is 5.10 Å². The Hall–Kier alpha value is -3.48. The van der Waals surface area contributed by atoms with Gasteiger partial charge in [0.2, 0.25) is 5.91 Å². The van der Waals surface area contributed by atoms with Crippen molar-refractivity contribution in [2.75, 3.05) is 11.1 Å². The maximum Gasteiger partial charge on any atom is 0.225 e. The Morgan fingerprint density at radius 1 is 1.13 bits per heavy atom. The summed E-state index contributed by atoms with van der Waals surface area (Å²) < 4.78 is 1.97. The van der Waals surface area contributed by atoms with Crippen LogP contribution in [0.2, 0.25) is 0 Å². The Bertz CT molecular complexity index is 1400. The summed E-state index contributed by atoms with van der Waals surface area (Å²) in [5, 5.41) is 8.53. The molecule has 7 nitrogen and oxygen atoms in total. The molecule has 0 spiro atoms. The maximum absolute atomic E-state index is 12.3. The number of hydrogen-bond donors (Lipinski definition) is 2. The molecule has 1 saturated carbocycles. The second-order valence-electron chi connectivity index (χ2n) is 11.0. The Kier molecular flexibility index (Phi) is 9.54. The summed E-state index contributed by atoms with van der Waals surface area (Å²) in [5.41, 5.74) is 10.7. The Morgan fingerprint density at radius 3 is 2.77 bits per heavy atom. The van der Waals surface area contributed by atoms with E-state index in [1.807, 2.05) is 36.6 Å². The van der Waals surface area contributed by atoms with Gasteiger partial charge in [0.15, 0.2) is 5.82 Å². The summed E-state index contributed by atoms with van der Waals surface area (Å²) in [6, 6.07) is 14.7. The Labute approximate surface area is 232 Å². The lowest BCUT2D eigenvalue weighted by molar-refractivity contribution is -0.116. The molecule has 0 radical (unpaired) electrons. The number of carbonyl (C=O) groups is 1. The van der Waals surface area contributed by atoms with Gasteiger partial charge in [-0.1, -0.05) is 59.1 Å². The fourth-order valence-electron chi connectivity index (χ4n) is 5.84. The van der Waals surface area contributed by atoms with Crippen LogP contribution >= 0.6 is 0 Å². The zero-order chi connectivity index (χ0) is 27.8. The molecule has 1 amide bonds. The van der Waals surface area contributed by atoms with Gasteiger partial charge in [0.25, 0.3) is 0 Å². The third-order valence-corrected chi connectivity index (χ3v) is 8.06. The first-order valence-corrected chi connectivity index (χ1v) is 14.7. The summed E-state index contributed by atoms with van der Waals surface area (Å²) in [6.07, 6.45) is 12.1. The van der Waals surface area contributed by atoms with E-state index < -0.39 is 0 Å². The SMILES string of the molecule is CC.CCCCCCC(=O)Nc1ccc2ccc(CC[C@]3(C)CCC(c4ccc5c(N)ncnn45)C3)cc2n1. The van der Waals surface area contributed by atoms with E-state index in [0.29, 0.717) is 24.0 Å². The lowest BCUT2D eigenvalue weighted by Gasteiger charge is -2.24. The number of anilines is 2. The number of rotatable bonds is 10. The van der Waals surface area contributed by atoms with Gasteiger partial charge in [-0.25, -0.2) is 14.5 Å². The van der Waals surface area contributed by atoms with E-state index in [2.05, 4.69) is 53.5 Å². The molecule has 1 aromatic carbocycles. The highest BCUT2D eigenvalue weighted by Gasteiger charge is 2.36. The second-order valence-corrected chi connectivity index (χ2v) is 11.0. The molecule has 0 aliphatic heterocycles. The number of unbranched alkanes of at least 4 members (excludes halogenated alkanes) is 3. The molecule has 2 atom stereocenters. The molecule has 3 aromatic heterocycles. The van der Waals surface area contributed by atoms with Gasteiger partial charge < -0.3 is 11.1 Å². The summed E-state index contributed by atoms with van der Waals surface area (Å²) in [7, 11) is 0. The van der Waals surface area contributed by atoms with E-state index in [1.165, 1.54) is 36.8 Å². The number of nitrogens with one attached hydrogen (secondary N) is 1. The van der Waals surface area contributed by atoms with Crippen LogP contribution in [0.1, 0.15) is 103 Å². The van der Waals surface area contributed by atoms with Crippen LogP contribution in [0.4, 0.5) is 11.6 Å². The molecule has 5 rings (SSSR count). The number of nitrogens with two attached hydrogens (primary N) is 1. The zero-order valence-electron chi connectivity index (χ0n) is 24.0.